The van der Waals surface area contributed by atoms with Crippen LogP contribution in [0.1, 0.15) is 24.5 Å². The summed E-state index contributed by atoms with van der Waals surface area (Å²) in [6.07, 6.45) is 2.13. The Labute approximate surface area is 141 Å². The van der Waals surface area contributed by atoms with Crippen LogP contribution in [-0.2, 0) is 0 Å². The van der Waals surface area contributed by atoms with E-state index in [9.17, 15) is 4.79 Å². The summed E-state index contributed by atoms with van der Waals surface area (Å²) in [5.41, 5.74) is 4.39. The Morgan fingerprint density at radius 1 is 0.875 bits per heavy atom. The minimum Gasteiger partial charge on any atom is -0.317 e. The minimum atomic E-state index is -0.0337. The van der Waals surface area contributed by atoms with Crippen molar-refractivity contribution >= 4 is 0 Å². The van der Waals surface area contributed by atoms with E-state index < -0.39 is 0 Å². The molecule has 24 heavy (non-hydrogen) atoms. The van der Waals surface area contributed by atoms with E-state index in [1.165, 1.54) is 5.56 Å². The third-order valence-corrected chi connectivity index (χ3v) is 4.73. The van der Waals surface area contributed by atoms with Gasteiger partial charge < -0.3 is 5.32 Å². The standard InChI is InChI=1S/C20H21N3O/c24-20-14-19(16-9-11-21-12-10-16)23(22-20)18-8-4-7-17(13-18)15-5-2-1-3-6-15/h1-8,13-14,16,21H,9-12H2,(H,22,24). The lowest BCUT2D eigenvalue weighted by atomic mass is 9.94. The molecule has 0 radical (unpaired) electrons. The Morgan fingerprint density at radius 2 is 1.62 bits per heavy atom. The van der Waals surface area contributed by atoms with Gasteiger partial charge in [-0.2, -0.15) is 0 Å². The van der Waals surface area contributed by atoms with Crippen molar-refractivity contribution in [3.05, 3.63) is 76.7 Å². The minimum absolute atomic E-state index is 0.0337. The fourth-order valence-electron chi connectivity index (χ4n) is 3.49. The maximum Gasteiger partial charge on any atom is 0.264 e. The van der Waals surface area contributed by atoms with Gasteiger partial charge >= 0.3 is 0 Å². The summed E-state index contributed by atoms with van der Waals surface area (Å²) in [4.78, 5) is 12.0. The lowest BCUT2D eigenvalue weighted by Gasteiger charge is -2.23. The molecule has 0 spiro atoms. The highest BCUT2D eigenvalue weighted by atomic mass is 16.1. The van der Waals surface area contributed by atoms with E-state index in [1.807, 2.05) is 35.0 Å². The summed E-state index contributed by atoms with van der Waals surface area (Å²) in [5.74, 6) is 0.422. The van der Waals surface area contributed by atoms with E-state index in [-0.39, 0.29) is 5.56 Å². The van der Waals surface area contributed by atoms with E-state index in [2.05, 4.69) is 34.7 Å². The normalized spacial score (nSPS) is 15.5. The molecule has 4 rings (SSSR count). The third kappa shape index (κ3) is 2.93. The van der Waals surface area contributed by atoms with Crippen LogP contribution in [0.2, 0.25) is 0 Å². The molecule has 122 valence electrons. The maximum absolute atomic E-state index is 12.0. The van der Waals surface area contributed by atoms with Gasteiger partial charge in [-0.1, -0.05) is 42.5 Å². The van der Waals surface area contributed by atoms with Crippen molar-refractivity contribution in [3.8, 4) is 16.8 Å². The lowest BCUT2D eigenvalue weighted by molar-refractivity contribution is 0.446. The number of benzene rings is 2. The number of H-pyrrole nitrogens is 1. The molecule has 1 saturated heterocycles. The highest BCUT2D eigenvalue weighted by Gasteiger charge is 2.20. The quantitative estimate of drug-likeness (QED) is 0.778. The molecule has 3 aromatic rings. The van der Waals surface area contributed by atoms with Crippen molar-refractivity contribution in [1.82, 2.24) is 15.1 Å². The highest BCUT2D eigenvalue weighted by molar-refractivity contribution is 5.65. The number of hydrogen-bond donors (Lipinski definition) is 2. The van der Waals surface area contributed by atoms with Crippen LogP contribution in [0.3, 0.4) is 0 Å². The molecule has 1 aliphatic heterocycles. The van der Waals surface area contributed by atoms with E-state index in [0.29, 0.717) is 5.92 Å². The van der Waals surface area contributed by atoms with Crippen LogP contribution in [0.4, 0.5) is 0 Å². The molecule has 0 saturated carbocycles. The summed E-state index contributed by atoms with van der Waals surface area (Å²) in [6.45, 7) is 2.02. The van der Waals surface area contributed by atoms with Crippen LogP contribution < -0.4 is 10.9 Å². The molecule has 2 aromatic carbocycles. The average Bonchev–Trinajstić information content (AvgIpc) is 3.05. The van der Waals surface area contributed by atoms with E-state index in [4.69, 9.17) is 0 Å². The van der Waals surface area contributed by atoms with Crippen LogP contribution in [0.5, 0.6) is 0 Å². The van der Waals surface area contributed by atoms with Crippen molar-refractivity contribution < 1.29 is 0 Å². The first-order valence-corrected chi connectivity index (χ1v) is 8.50. The molecule has 0 aliphatic carbocycles. The first-order valence-electron chi connectivity index (χ1n) is 8.50. The second kappa shape index (κ2) is 6.49. The third-order valence-electron chi connectivity index (χ3n) is 4.73. The number of aromatic nitrogens is 2. The van der Waals surface area contributed by atoms with Crippen molar-refractivity contribution in [2.45, 2.75) is 18.8 Å². The van der Waals surface area contributed by atoms with Gasteiger partial charge in [-0.25, -0.2) is 0 Å². The number of piperidine rings is 1. The summed E-state index contributed by atoms with van der Waals surface area (Å²) in [7, 11) is 0. The van der Waals surface area contributed by atoms with Crippen LogP contribution in [-0.4, -0.2) is 22.9 Å². The average molecular weight is 319 g/mol. The van der Waals surface area contributed by atoms with Crippen molar-refractivity contribution in [3.63, 3.8) is 0 Å². The first kappa shape index (κ1) is 15.0. The van der Waals surface area contributed by atoms with Gasteiger partial charge in [0.1, 0.15) is 0 Å². The fourth-order valence-corrected chi connectivity index (χ4v) is 3.49. The molecular formula is C20H21N3O. The van der Waals surface area contributed by atoms with Crippen LogP contribution >= 0.6 is 0 Å². The molecule has 2 heterocycles. The number of hydrogen-bond acceptors (Lipinski definition) is 2. The molecule has 1 aliphatic rings. The van der Waals surface area contributed by atoms with Crippen molar-refractivity contribution in [2.75, 3.05) is 13.1 Å². The zero-order valence-electron chi connectivity index (χ0n) is 13.5. The zero-order chi connectivity index (χ0) is 16.4. The van der Waals surface area contributed by atoms with Gasteiger partial charge in [0.2, 0.25) is 0 Å². The SMILES string of the molecule is O=c1cc(C2CCNCC2)n(-c2cccc(-c3ccccc3)c2)[nH]1. The van der Waals surface area contributed by atoms with Crippen molar-refractivity contribution in [1.29, 1.82) is 0 Å². The molecule has 4 nitrogen and oxygen atoms in total. The van der Waals surface area contributed by atoms with Gasteiger partial charge in [-0.3, -0.25) is 14.6 Å². The second-order valence-corrected chi connectivity index (χ2v) is 6.32. The largest absolute Gasteiger partial charge is 0.317 e. The summed E-state index contributed by atoms with van der Waals surface area (Å²) in [6, 6.07) is 20.4. The molecule has 0 bridgehead atoms. The van der Waals surface area contributed by atoms with Crippen LogP contribution in [0.25, 0.3) is 16.8 Å². The molecule has 2 N–H and O–H groups in total. The topological polar surface area (TPSA) is 49.8 Å². The van der Waals surface area contributed by atoms with E-state index in [0.717, 1.165) is 42.9 Å². The lowest BCUT2D eigenvalue weighted by Crippen LogP contribution is -2.27. The number of aromatic amines is 1. The predicted molar refractivity (Wildman–Crippen MR) is 96.7 cm³/mol. The van der Waals surface area contributed by atoms with Gasteiger partial charge in [-0.05, 0) is 49.2 Å². The molecular weight excluding hydrogens is 298 g/mol. The summed E-state index contributed by atoms with van der Waals surface area (Å²) < 4.78 is 1.96. The number of rotatable bonds is 3. The van der Waals surface area contributed by atoms with Gasteiger partial charge in [0.15, 0.2) is 0 Å². The molecule has 1 fully saturated rings. The van der Waals surface area contributed by atoms with Crippen LogP contribution in [0.15, 0.2) is 65.5 Å². The predicted octanol–water partition coefficient (Wildman–Crippen LogP) is 3.30. The highest BCUT2D eigenvalue weighted by Crippen LogP contribution is 2.27. The van der Waals surface area contributed by atoms with Gasteiger partial charge in [0.05, 0.1) is 5.69 Å². The molecule has 0 amide bonds. The van der Waals surface area contributed by atoms with E-state index in [1.54, 1.807) is 6.07 Å². The first-order chi connectivity index (χ1) is 11.8. The monoisotopic (exact) mass is 319 g/mol. The molecule has 4 heteroatoms. The Balaban J connectivity index is 1.75. The summed E-state index contributed by atoms with van der Waals surface area (Å²) >= 11 is 0. The zero-order valence-corrected chi connectivity index (χ0v) is 13.5. The van der Waals surface area contributed by atoms with Crippen LogP contribution in [0, 0.1) is 0 Å². The van der Waals surface area contributed by atoms with Gasteiger partial charge in [0.25, 0.3) is 5.56 Å². The van der Waals surface area contributed by atoms with Crippen molar-refractivity contribution in [2.24, 2.45) is 0 Å². The fraction of sp³-hybridized carbons (Fsp3) is 0.250. The maximum atomic E-state index is 12.0. The summed E-state index contributed by atoms with van der Waals surface area (Å²) in [5, 5.41) is 6.36. The Morgan fingerprint density at radius 3 is 2.42 bits per heavy atom. The van der Waals surface area contributed by atoms with Gasteiger partial charge in [-0.15, -0.1) is 0 Å². The van der Waals surface area contributed by atoms with E-state index >= 15 is 0 Å². The number of nitrogens with zero attached hydrogens (tertiary/aromatic N) is 1. The second-order valence-electron chi connectivity index (χ2n) is 6.32. The number of nitrogens with one attached hydrogen (secondary N) is 2. The van der Waals surface area contributed by atoms with Gasteiger partial charge in [0, 0.05) is 17.7 Å². The Bertz CT molecular complexity index is 873. The molecule has 0 atom stereocenters. The molecule has 1 aromatic heterocycles. The Kier molecular flexibility index (Phi) is 4.05. The molecule has 0 unspecified atom stereocenters. The smallest absolute Gasteiger partial charge is 0.264 e. The Hall–Kier alpha value is -2.59.